The number of aryl methyl sites for hydroxylation is 1. The Morgan fingerprint density at radius 3 is 2.47 bits per heavy atom. The molecule has 0 radical (unpaired) electrons. The van der Waals surface area contributed by atoms with Crippen molar-refractivity contribution in [1.29, 1.82) is 0 Å². The summed E-state index contributed by atoms with van der Waals surface area (Å²) in [6.45, 7) is 4.43. The van der Waals surface area contributed by atoms with Crippen molar-refractivity contribution in [2.24, 2.45) is 11.7 Å². The van der Waals surface area contributed by atoms with E-state index in [1.54, 1.807) is 43.5 Å². The number of pyridine rings is 1. The van der Waals surface area contributed by atoms with Crippen LogP contribution < -0.4 is 15.8 Å². The number of carbonyl (C=O) groups excluding carboxylic acids is 1. The summed E-state index contributed by atoms with van der Waals surface area (Å²) in [4.78, 5) is 27.9. The minimum Gasteiger partial charge on any atom is -0.493 e. The van der Waals surface area contributed by atoms with Crippen molar-refractivity contribution in [1.82, 2.24) is 9.29 Å². The third kappa shape index (κ3) is 6.66. The number of fused-ring (bicyclic) bond motifs is 1. The van der Waals surface area contributed by atoms with Crippen molar-refractivity contribution >= 4 is 38.2 Å². The zero-order valence-electron chi connectivity index (χ0n) is 23.9. The fourth-order valence-corrected chi connectivity index (χ4v) is 6.45. The fourth-order valence-electron chi connectivity index (χ4n) is 4.82. The van der Waals surface area contributed by atoms with E-state index in [2.05, 4.69) is 10.3 Å². The van der Waals surface area contributed by atoms with Crippen LogP contribution in [-0.4, -0.2) is 48.2 Å². The third-order valence-electron chi connectivity index (χ3n) is 7.59. The van der Waals surface area contributed by atoms with Crippen LogP contribution >= 0.6 is 0 Å². The third-order valence-corrected chi connectivity index (χ3v) is 9.58. The number of ether oxygens (including phenoxy) is 1. The van der Waals surface area contributed by atoms with Gasteiger partial charge in [0.25, 0.3) is 11.6 Å². The molecule has 0 spiro atoms. The van der Waals surface area contributed by atoms with Crippen LogP contribution in [0.25, 0.3) is 10.9 Å². The van der Waals surface area contributed by atoms with Gasteiger partial charge >= 0.3 is 0 Å². The monoisotopic (exact) mass is 603 g/mol. The summed E-state index contributed by atoms with van der Waals surface area (Å²) in [5.41, 5.74) is 8.78. The molecule has 1 aliphatic carbocycles. The number of hydrogen-bond acceptors (Lipinski definition) is 8. The summed E-state index contributed by atoms with van der Waals surface area (Å²) >= 11 is 0. The van der Waals surface area contributed by atoms with Crippen LogP contribution in [0.3, 0.4) is 0 Å². The van der Waals surface area contributed by atoms with E-state index in [0.29, 0.717) is 34.9 Å². The highest BCUT2D eigenvalue weighted by molar-refractivity contribution is 7.89. The summed E-state index contributed by atoms with van der Waals surface area (Å²) < 4.78 is 34.0. The quantitative estimate of drug-likeness (QED) is 0.165. The van der Waals surface area contributed by atoms with Gasteiger partial charge in [-0.15, -0.1) is 0 Å². The van der Waals surface area contributed by atoms with Gasteiger partial charge in [-0.2, -0.15) is 4.31 Å². The van der Waals surface area contributed by atoms with Crippen molar-refractivity contribution in [2.45, 2.75) is 37.6 Å². The topological polar surface area (TPSA) is 158 Å². The minimum atomic E-state index is -4.02. The maximum absolute atomic E-state index is 13.5. The zero-order valence-corrected chi connectivity index (χ0v) is 24.7. The Balaban J connectivity index is 1.34. The standard InChI is InChI=1S/C31H33N5O6S/c1-20-29(34-31(37)23-5-10-27(11-6-23)42-19-22-3-4-22)14-7-24-17-25(18-33-30(20)24)21(2)35(16-15-32)43(40,41)28-12-8-26(9-13-28)36(38)39/h5-14,17-18,21-22H,3-4,15-16,19,32H2,1-2H3,(H,34,37)/t21-/m1/s1. The van der Waals surface area contributed by atoms with Crippen molar-refractivity contribution in [3.8, 4) is 5.75 Å². The molecule has 1 amide bonds. The number of nitro benzene ring substituents is 1. The van der Waals surface area contributed by atoms with Gasteiger partial charge in [-0.25, -0.2) is 8.42 Å². The van der Waals surface area contributed by atoms with E-state index in [0.717, 1.165) is 28.8 Å². The summed E-state index contributed by atoms with van der Waals surface area (Å²) in [7, 11) is -4.02. The molecule has 1 fully saturated rings. The second-order valence-corrected chi connectivity index (χ2v) is 12.5. The van der Waals surface area contributed by atoms with Crippen LogP contribution in [0, 0.1) is 23.0 Å². The lowest BCUT2D eigenvalue weighted by Crippen LogP contribution is -2.37. The summed E-state index contributed by atoms with van der Waals surface area (Å²) in [5, 5.41) is 14.7. The predicted molar refractivity (Wildman–Crippen MR) is 164 cm³/mol. The Bertz CT molecular complexity index is 1760. The van der Waals surface area contributed by atoms with E-state index in [1.807, 2.05) is 19.1 Å². The molecule has 43 heavy (non-hydrogen) atoms. The molecule has 5 rings (SSSR count). The van der Waals surface area contributed by atoms with E-state index in [4.69, 9.17) is 10.5 Å². The number of aromatic nitrogens is 1. The van der Waals surface area contributed by atoms with Crippen molar-refractivity contribution in [3.63, 3.8) is 0 Å². The molecule has 11 nitrogen and oxygen atoms in total. The highest BCUT2D eigenvalue weighted by Gasteiger charge is 2.30. The first-order chi connectivity index (χ1) is 20.6. The first kappa shape index (κ1) is 30.1. The summed E-state index contributed by atoms with van der Waals surface area (Å²) in [6.07, 6.45) is 4.03. The second-order valence-electron chi connectivity index (χ2n) is 10.6. The van der Waals surface area contributed by atoms with E-state index >= 15 is 0 Å². The van der Waals surface area contributed by atoms with Gasteiger partial charge < -0.3 is 15.8 Å². The van der Waals surface area contributed by atoms with Crippen molar-refractivity contribution < 1.29 is 22.9 Å². The number of nitro groups is 1. The molecule has 3 N–H and O–H groups in total. The molecule has 4 aromatic rings. The number of benzene rings is 3. The van der Waals surface area contributed by atoms with Gasteiger partial charge in [0.2, 0.25) is 10.0 Å². The summed E-state index contributed by atoms with van der Waals surface area (Å²) in [6, 6.07) is 16.7. The maximum atomic E-state index is 13.5. The lowest BCUT2D eigenvalue weighted by molar-refractivity contribution is -0.384. The average Bonchev–Trinajstić information content (AvgIpc) is 3.84. The number of hydrogen-bond donors (Lipinski definition) is 2. The number of carbonyl (C=O) groups is 1. The molecule has 1 atom stereocenters. The number of nitrogens with zero attached hydrogens (tertiary/aromatic N) is 3. The van der Waals surface area contributed by atoms with Crippen molar-refractivity contribution in [3.05, 3.63) is 99.7 Å². The highest BCUT2D eigenvalue weighted by atomic mass is 32.2. The molecule has 0 saturated heterocycles. The molecule has 1 saturated carbocycles. The lowest BCUT2D eigenvalue weighted by Gasteiger charge is -2.28. The Morgan fingerprint density at radius 2 is 1.84 bits per heavy atom. The predicted octanol–water partition coefficient (Wildman–Crippen LogP) is 5.20. The maximum Gasteiger partial charge on any atom is 0.269 e. The zero-order chi connectivity index (χ0) is 30.7. The number of anilines is 1. The molecule has 1 aliphatic rings. The molecule has 0 bridgehead atoms. The molecule has 12 heteroatoms. The van der Waals surface area contributed by atoms with Gasteiger partial charge in [-0.05, 0) is 92.3 Å². The normalized spacial score (nSPS) is 14.0. The lowest BCUT2D eigenvalue weighted by atomic mass is 10.0. The summed E-state index contributed by atoms with van der Waals surface area (Å²) in [5.74, 6) is 1.13. The fraction of sp³-hybridized carbons (Fsp3) is 0.290. The second kappa shape index (κ2) is 12.5. The molecule has 0 aliphatic heterocycles. The van der Waals surface area contributed by atoms with Gasteiger partial charge in [-0.1, -0.05) is 6.07 Å². The van der Waals surface area contributed by atoms with Gasteiger partial charge in [-0.3, -0.25) is 19.9 Å². The molecule has 1 heterocycles. The number of amides is 1. The van der Waals surface area contributed by atoms with Gasteiger partial charge in [0.1, 0.15) is 5.75 Å². The molecular formula is C31H33N5O6S. The molecule has 1 aromatic heterocycles. The molecular weight excluding hydrogens is 570 g/mol. The van der Waals surface area contributed by atoms with E-state index in [9.17, 15) is 23.3 Å². The van der Waals surface area contributed by atoms with Crippen LogP contribution in [0.5, 0.6) is 5.75 Å². The number of sulfonamides is 1. The Morgan fingerprint density at radius 1 is 1.14 bits per heavy atom. The Kier molecular flexibility index (Phi) is 8.71. The highest BCUT2D eigenvalue weighted by Crippen LogP contribution is 2.32. The van der Waals surface area contributed by atoms with Crippen LogP contribution in [0.2, 0.25) is 0 Å². The Labute approximate surface area is 249 Å². The molecule has 3 aromatic carbocycles. The van der Waals surface area contributed by atoms with Gasteiger partial charge in [0.05, 0.1) is 21.9 Å². The number of rotatable bonds is 12. The van der Waals surface area contributed by atoms with Crippen LogP contribution in [0.4, 0.5) is 11.4 Å². The Hall–Kier alpha value is -4.39. The van der Waals surface area contributed by atoms with E-state index < -0.39 is 21.0 Å². The first-order valence-electron chi connectivity index (χ1n) is 14.0. The van der Waals surface area contributed by atoms with Crippen LogP contribution in [-0.2, 0) is 10.0 Å². The minimum absolute atomic E-state index is 0.0378. The van der Waals surface area contributed by atoms with E-state index in [-0.39, 0.29) is 29.6 Å². The molecule has 0 unspecified atom stereocenters. The van der Waals surface area contributed by atoms with E-state index in [1.165, 1.54) is 29.3 Å². The largest absolute Gasteiger partial charge is 0.493 e. The SMILES string of the molecule is Cc1c(NC(=O)c2ccc(OCC3CC3)cc2)ccc2cc([C@@H](C)N(CCN)S(=O)(=O)c3ccc([N+](=O)[O-])cc3)cnc12. The number of non-ortho nitro benzene ring substituents is 1. The van der Waals surface area contributed by atoms with Crippen LogP contribution in [0.1, 0.15) is 47.3 Å². The van der Waals surface area contributed by atoms with Crippen LogP contribution in [0.15, 0.2) is 77.8 Å². The molecule has 224 valence electrons. The smallest absolute Gasteiger partial charge is 0.269 e. The number of nitrogens with one attached hydrogen (secondary N) is 1. The first-order valence-corrected chi connectivity index (χ1v) is 15.4. The van der Waals surface area contributed by atoms with Gasteiger partial charge in [0.15, 0.2) is 0 Å². The van der Waals surface area contributed by atoms with Gasteiger partial charge in [0, 0.05) is 54.1 Å². The number of nitrogens with two attached hydrogens (primary N) is 1. The average molecular weight is 604 g/mol. The van der Waals surface area contributed by atoms with Crippen molar-refractivity contribution in [2.75, 3.05) is 25.0 Å².